The summed E-state index contributed by atoms with van der Waals surface area (Å²) in [5, 5.41) is 15.4. The second-order valence-corrected chi connectivity index (χ2v) is 6.46. The Kier molecular flexibility index (Phi) is 5.24. The van der Waals surface area contributed by atoms with Gasteiger partial charge < -0.3 is 20.0 Å². The highest BCUT2D eigenvalue weighted by molar-refractivity contribution is 5.87. The van der Waals surface area contributed by atoms with Gasteiger partial charge in [0.15, 0.2) is 0 Å². The van der Waals surface area contributed by atoms with Gasteiger partial charge in [0, 0.05) is 17.5 Å². The van der Waals surface area contributed by atoms with Crippen molar-refractivity contribution >= 4 is 5.71 Å². The van der Waals surface area contributed by atoms with Crippen LogP contribution >= 0.6 is 0 Å². The van der Waals surface area contributed by atoms with Crippen LogP contribution in [0, 0.1) is 5.92 Å². The predicted molar refractivity (Wildman–Crippen MR) is 96.4 cm³/mol. The molecule has 5 heteroatoms. The minimum Gasteiger partial charge on any atom is -0.497 e. The first kappa shape index (κ1) is 17.3. The molecule has 5 nitrogen and oxygen atoms in total. The number of rotatable bonds is 4. The quantitative estimate of drug-likeness (QED) is 0.664. The van der Waals surface area contributed by atoms with Crippen LogP contribution in [0.2, 0.25) is 0 Å². The van der Waals surface area contributed by atoms with Gasteiger partial charge in [-0.1, -0.05) is 12.1 Å². The fourth-order valence-electron chi connectivity index (χ4n) is 3.54. The summed E-state index contributed by atoms with van der Waals surface area (Å²) in [6, 6.07) is 16.6. The summed E-state index contributed by atoms with van der Waals surface area (Å²) in [7, 11) is 3.33. The third-order valence-corrected chi connectivity index (χ3v) is 5.11. The summed E-state index contributed by atoms with van der Waals surface area (Å²) in [5.41, 5.74) is 3.24. The van der Waals surface area contributed by atoms with E-state index in [1.165, 1.54) is 11.1 Å². The molecule has 1 heterocycles. The third-order valence-electron chi connectivity index (χ3n) is 5.11. The molecule has 3 rings (SSSR count). The Morgan fingerprint density at radius 3 is 1.92 bits per heavy atom. The number of hydrogen-bond donors (Lipinski definition) is 2. The molecule has 0 amide bonds. The van der Waals surface area contributed by atoms with E-state index >= 15 is 0 Å². The van der Waals surface area contributed by atoms with Crippen molar-refractivity contribution in [2.45, 2.75) is 25.4 Å². The van der Waals surface area contributed by atoms with Crippen LogP contribution in [0.15, 0.2) is 53.7 Å². The molecule has 0 spiro atoms. The molecule has 1 fully saturated rings. The number of benzene rings is 2. The number of piperidine rings is 1. The van der Waals surface area contributed by atoms with Gasteiger partial charge in [-0.05, 0) is 48.5 Å². The molecule has 0 radical (unpaired) electrons. The highest BCUT2D eigenvalue weighted by atomic mass is 16.5. The van der Waals surface area contributed by atoms with Crippen LogP contribution in [0.1, 0.15) is 36.6 Å². The molecule has 132 valence electrons. The minimum atomic E-state index is 0.160. The molecular formula is C20H25N2O3+. The van der Waals surface area contributed by atoms with E-state index in [-0.39, 0.29) is 18.0 Å². The average molecular weight is 341 g/mol. The number of nitrogens with zero attached hydrogens (tertiary/aromatic N) is 1. The fraction of sp³-hybridized carbons (Fsp3) is 0.350. The molecule has 0 aliphatic carbocycles. The van der Waals surface area contributed by atoms with Gasteiger partial charge in [0.1, 0.15) is 23.6 Å². The Morgan fingerprint density at radius 2 is 1.44 bits per heavy atom. The van der Waals surface area contributed by atoms with Gasteiger partial charge in [-0.25, -0.2) is 0 Å². The number of ether oxygens (including phenoxy) is 2. The molecule has 25 heavy (non-hydrogen) atoms. The maximum atomic E-state index is 9.49. The molecule has 1 aliphatic rings. The lowest BCUT2D eigenvalue weighted by Crippen LogP contribution is -2.90. The second-order valence-electron chi connectivity index (χ2n) is 6.46. The van der Waals surface area contributed by atoms with E-state index < -0.39 is 0 Å². The van der Waals surface area contributed by atoms with Crippen LogP contribution < -0.4 is 14.8 Å². The van der Waals surface area contributed by atoms with Crippen molar-refractivity contribution in [3.8, 4) is 11.5 Å². The lowest BCUT2D eigenvalue weighted by molar-refractivity contribution is -0.741. The Balaban J connectivity index is 1.88. The zero-order valence-electron chi connectivity index (χ0n) is 14.8. The van der Waals surface area contributed by atoms with Crippen molar-refractivity contribution in [1.82, 2.24) is 0 Å². The molecule has 0 aromatic heterocycles. The van der Waals surface area contributed by atoms with Crippen molar-refractivity contribution in [3.05, 3.63) is 59.7 Å². The number of methoxy groups -OCH3 is 2. The first-order chi connectivity index (χ1) is 12.2. The highest BCUT2D eigenvalue weighted by Crippen LogP contribution is 2.30. The smallest absolute Gasteiger partial charge is 0.120 e. The van der Waals surface area contributed by atoms with Gasteiger partial charge in [-0.3, -0.25) is 0 Å². The molecule has 3 atom stereocenters. The summed E-state index contributed by atoms with van der Waals surface area (Å²) >= 11 is 0. The van der Waals surface area contributed by atoms with E-state index in [1.54, 1.807) is 14.2 Å². The molecule has 3 N–H and O–H groups in total. The Labute approximate surface area is 148 Å². The van der Waals surface area contributed by atoms with Crippen molar-refractivity contribution in [3.63, 3.8) is 0 Å². The maximum absolute atomic E-state index is 9.49. The summed E-state index contributed by atoms with van der Waals surface area (Å²) in [4.78, 5) is 0. The molecule has 2 aromatic carbocycles. The summed E-state index contributed by atoms with van der Waals surface area (Å²) < 4.78 is 10.5. The zero-order valence-corrected chi connectivity index (χ0v) is 14.8. The van der Waals surface area contributed by atoms with Crippen LogP contribution in [0.5, 0.6) is 11.5 Å². The summed E-state index contributed by atoms with van der Waals surface area (Å²) in [6.07, 6.45) is 0.733. The van der Waals surface area contributed by atoms with E-state index in [9.17, 15) is 5.21 Å². The highest BCUT2D eigenvalue weighted by Gasteiger charge is 2.37. The van der Waals surface area contributed by atoms with Crippen molar-refractivity contribution in [1.29, 1.82) is 0 Å². The maximum Gasteiger partial charge on any atom is 0.120 e. The van der Waals surface area contributed by atoms with E-state index in [4.69, 9.17) is 9.47 Å². The lowest BCUT2D eigenvalue weighted by atomic mass is 9.81. The van der Waals surface area contributed by atoms with Crippen molar-refractivity contribution in [2.24, 2.45) is 11.1 Å². The minimum absolute atomic E-state index is 0.160. The number of oxime groups is 1. The monoisotopic (exact) mass is 341 g/mol. The van der Waals surface area contributed by atoms with Crippen LogP contribution in [0.4, 0.5) is 0 Å². The second kappa shape index (κ2) is 7.57. The van der Waals surface area contributed by atoms with Crippen LogP contribution in [0.3, 0.4) is 0 Å². The zero-order chi connectivity index (χ0) is 17.8. The molecule has 0 saturated carbocycles. The van der Waals surface area contributed by atoms with Gasteiger partial charge in [-0.2, -0.15) is 0 Å². The standard InChI is InChI=1S/C20H24N2O3/c1-13-18(22-23)12-19(14-4-8-16(24-2)9-5-14)21-20(13)15-6-10-17(25-3)11-7-15/h4-11,13,19-21,23H,12H2,1-3H3/p+1/b22-18+/t13-,19+,20+/m1/s1. The third kappa shape index (κ3) is 3.61. The topological polar surface area (TPSA) is 67.7 Å². The summed E-state index contributed by atoms with van der Waals surface area (Å²) in [6.45, 7) is 2.12. The van der Waals surface area contributed by atoms with E-state index in [0.29, 0.717) is 0 Å². The van der Waals surface area contributed by atoms with E-state index in [2.05, 4.69) is 41.7 Å². The molecule has 1 aliphatic heterocycles. The Hall–Kier alpha value is -2.53. The number of nitrogens with two attached hydrogens (primary N) is 1. The summed E-state index contributed by atoms with van der Waals surface area (Å²) in [5.74, 6) is 1.85. The Bertz CT molecular complexity index is 726. The fourth-order valence-corrected chi connectivity index (χ4v) is 3.54. The molecule has 1 saturated heterocycles. The van der Waals surface area contributed by atoms with Gasteiger partial charge in [-0.15, -0.1) is 0 Å². The largest absolute Gasteiger partial charge is 0.497 e. The molecule has 2 aromatic rings. The lowest BCUT2D eigenvalue weighted by Gasteiger charge is -2.33. The molecule has 0 unspecified atom stereocenters. The predicted octanol–water partition coefficient (Wildman–Crippen LogP) is 2.92. The van der Waals surface area contributed by atoms with Gasteiger partial charge >= 0.3 is 0 Å². The average Bonchev–Trinajstić information content (AvgIpc) is 2.68. The van der Waals surface area contributed by atoms with Crippen molar-refractivity contribution < 1.29 is 20.0 Å². The first-order valence-electron chi connectivity index (χ1n) is 8.50. The van der Waals surface area contributed by atoms with Gasteiger partial charge in [0.2, 0.25) is 0 Å². The molecule has 0 bridgehead atoms. The number of hydrogen-bond acceptors (Lipinski definition) is 4. The van der Waals surface area contributed by atoms with Crippen LogP contribution in [-0.4, -0.2) is 25.1 Å². The van der Waals surface area contributed by atoms with E-state index in [1.807, 2.05) is 24.3 Å². The first-order valence-corrected chi connectivity index (χ1v) is 8.50. The van der Waals surface area contributed by atoms with Gasteiger partial charge in [0.25, 0.3) is 0 Å². The van der Waals surface area contributed by atoms with E-state index in [0.717, 1.165) is 23.6 Å². The van der Waals surface area contributed by atoms with Crippen LogP contribution in [-0.2, 0) is 0 Å². The van der Waals surface area contributed by atoms with Crippen LogP contribution in [0.25, 0.3) is 0 Å². The Morgan fingerprint density at radius 1 is 0.920 bits per heavy atom. The van der Waals surface area contributed by atoms with Crippen molar-refractivity contribution in [2.75, 3.05) is 14.2 Å². The SMILES string of the molecule is COc1ccc([C@@H]2C/C(=N\O)[C@@H](C)[C@@H](c3ccc(OC)cc3)[NH2+]2)cc1. The number of quaternary nitrogens is 1. The van der Waals surface area contributed by atoms with Gasteiger partial charge in [0.05, 0.1) is 25.8 Å². The molecular weight excluding hydrogens is 316 g/mol. The normalized spacial score (nSPS) is 24.9.